The molecule has 0 unspecified atom stereocenters. The second-order valence-corrected chi connectivity index (χ2v) is 7.55. The molecule has 2 heterocycles. The molecule has 1 aliphatic heterocycles. The number of nitrogens with one attached hydrogen (secondary N) is 1. The number of hydrogen-bond donors (Lipinski definition) is 1. The Morgan fingerprint density at radius 2 is 1.73 bits per heavy atom. The molecule has 8 heteroatoms. The first-order valence-corrected chi connectivity index (χ1v) is 10.0. The van der Waals surface area contributed by atoms with E-state index >= 15 is 0 Å². The zero-order valence-corrected chi connectivity index (χ0v) is 17.2. The number of aryl methyl sites for hydroxylation is 1. The summed E-state index contributed by atoms with van der Waals surface area (Å²) >= 11 is 5.98. The van der Waals surface area contributed by atoms with E-state index in [4.69, 9.17) is 11.6 Å². The topological polar surface area (TPSA) is 61.4 Å². The Morgan fingerprint density at radius 3 is 2.37 bits per heavy atom. The van der Waals surface area contributed by atoms with Crippen molar-refractivity contribution in [2.24, 2.45) is 0 Å². The first-order chi connectivity index (χ1) is 14.5. The summed E-state index contributed by atoms with van der Waals surface area (Å²) in [6.07, 6.45) is 0. The van der Waals surface area contributed by atoms with Crippen LogP contribution in [0.15, 0.2) is 54.6 Å². The third-order valence-corrected chi connectivity index (χ3v) is 5.40. The molecule has 0 radical (unpaired) electrons. The first kappa shape index (κ1) is 20.1. The molecule has 1 aromatic heterocycles. The van der Waals surface area contributed by atoms with E-state index in [1.807, 2.05) is 43.3 Å². The molecule has 1 saturated heterocycles. The lowest BCUT2D eigenvalue weighted by molar-refractivity contribution is 0.208. The van der Waals surface area contributed by atoms with Gasteiger partial charge in [-0.2, -0.15) is 0 Å². The Kier molecular flexibility index (Phi) is 5.81. The molecular weight excluding hydrogens is 405 g/mol. The highest BCUT2D eigenvalue weighted by atomic mass is 35.5. The minimum atomic E-state index is -0.557. The SMILES string of the molecule is Cc1ccc(-c2ccc(N3CCN(C(=O)Nc4c(F)cccc4Cl)CC3)nn2)cc1. The normalized spacial score (nSPS) is 14.0. The van der Waals surface area contributed by atoms with Crippen molar-refractivity contribution in [2.75, 3.05) is 36.4 Å². The number of urea groups is 1. The highest BCUT2D eigenvalue weighted by Crippen LogP contribution is 2.25. The van der Waals surface area contributed by atoms with E-state index in [1.54, 1.807) is 4.90 Å². The third-order valence-electron chi connectivity index (χ3n) is 5.08. The van der Waals surface area contributed by atoms with Gasteiger partial charge in [-0.15, -0.1) is 10.2 Å². The lowest BCUT2D eigenvalue weighted by Crippen LogP contribution is -2.50. The van der Waals surface area contributed by atoms with Crippen LogP contribution in [0.1, 0.15) is 5.56 Å². The standard InChI is InChI=1S/C22H21ClFN5O/c1-15-5-7-16(8-6-15)19-9-10-20(27-26-19)28-11-13-29(14-12-28)22(30)25-21-17(23)3-2-4-18(21)24/h2-10H,11-14H2,1H3,(H,25,30). The Morgan fingerprint density at radius 1 is 1.00 bits per heavy atom. The number of aromatic nitrogens is 2. The van der Waals surface area contributed by atoms with Gasteiger partial charge < -0.3 is 15.1 Å². The number of halogens is 2. The molecular formula is C22H21ClFN5O. The van der Waals surface area contributed by atoms with Crippen molar-refractivity contribution in [2.45, 2.75) is 6.92 Å². The molecule has 0 saturated carbocycles. The van der Waals surface area contributed by atoms with Crippen LogP contribution in [0.3, 0.4) is 0 Å². The molecule has 0 aliphatic carbocycles. The number of nitrogens with zero attached hydrogens (tertiary/aromatic N) is 4. The van der Waals surface area contributed by atoms with Crippen LogP contribution in [0.2, 0.25) is 5.02 Å². The molecule has 2 amide bonds. The minimum absolute atomic E-state index is 0.00385. The fourth-order valence-electron chi connectivity index (χ4n) is 3.31. The van der Waals surface area contributed by atoms with E-state index in [9.17, 15) is 9.18 Å². The van der Waals surface area contributed by atoms with Gasteiger partial charge in [0.25, 0.3) is 0 Å². The maximum absolute atomic E-state index is 13.9. The largest absolute Gasteiger partial charge is 0.352 e. The van der Waals surface area contributed by atoms with Gasteiger partial charge in [-0.25, -0.2) is 9.18 Å². The molecule has 0 spiro atoms. The zero-order valence-electron chi connectivity index (χ0n) is 16.5. The number of carbonyl (C=O) groups is 1. The second-order valence-electron chi connectivity index (χ2n) is 7.14. The van der Waals surface area contributed by atoms with Crippen molar-refractivity contribution in [3.63, 3.8) is 0 Å². The molecule has 0 atom stereocenters. The summed E-state index contributed by atoms with van der Waals surface area (Å²) in [7, 11) is 0. The maximum Gasteiger partial charge on any atom is 0.322 e. The number of anilines is 2. The summed E-state index contributed by atoms with van der Waals surface area (Å²) in [5, 5.41) is 11.4. The molecule has 6 nitrogen and oxygen atoms in total. The number of rotatable bonds is 3. The fraction of sp³-hybridized carbons (Fsp3) is 0.227. The van der Waals surface area contributed by atoms with E-state index in [0.717, 1.165) is 17.1 Å². The van der Waals surface area contributed by atoms with Gasteiger partial charge in [-0.1, -0.05) is 47.5 Å². The number of hydrogen-bond acceptors (Lipinski definition) is 4. The third kappa shape index (κ3) is 4.36. The van der Waals surface area contributed by atoms with Gasteiger partial charge >= 0.3 is 6.03 Å². The van der Waals surface area contributed by atoms with Gasteiger partial charge in [0.05, 0.1) is 16.4 Å². The highest BCUT2D eigenvalue weighted by Gasteiger charge is 2.23. The summed E-state index contributed by atoms with van der Waals surface area (Å²) in [4.78, 5) is 16.2. The fourth-order valence-corrected chi connectivity index (χ4v) is 3.52. The lowest BCUT2D eigenvalue weighted by atomic mass is 10.1. The smallest absolute Gasteiger partial charge is 0.322 e. The predicted molar refractivity (Wildman–Crippen MR) is 116 cm³/mol. The van der Waals surface area contributed by atoms with Crippen LogP contribution < -0.4 is 10.2 Å². The highest BCUT2D eigenvalue weighted by molar-refractivity contribution is 6.33. The predicted octanol–water partition coefficient (Wildman–Crippen LogP) is 4.60. The Hall–Kier alpha value is -3.19. The van der Waals surface area contributed by atoms with Gasteiger partial charge in [0.15, 0.2) is 5.82 Å². The number of carbonyl (C=O) groups excluding carboxylic acids is 1. The minimum Gasteiger partial charge on any atom is -0.352 e. The Balaban J connectivity index is 1.36. The summed E-state index contributed by atoms with van der Waals surface area (Å²) in [6.45, 7) is 4.23. The molecule has 1 N–H and O–H groups in total. The van der Waals surface area contributed by atoms with Crippen LogP contribution in [0.5, 0.6) is 0 Å². The molecule has 1 aliphatic rings. The zero-order chi connectivity index (χ0) is 21.1. The Bertz CT molecular complexity index is 1010. The summed E-state index contributed by atoms with van der Waals surface area (Å²) in [5.74, 6) is 0.210. The van der Waals surface area contributed by atoms with Gasteiger partial charge in [-0.3, -0.25) is 0 Å². The van der Waals surface area contributed by atoms with Crippen molar-refractivity contribution in [3.05, 3.63) is 71.0 Å². The van der Waals surface area contributed by atoms with Gasteiger partial charge in [-0.05, 0) is 31.2 Å². The number of para-hydroxylation sites is 1. The number of benzene rings is 2. The second kappa shape index (κ2) is 8.67. The lowest BCUT2D eigenvalue weighted by Gasteiger charge is -2.35. The van der Waals surface area contributed by atoms with Gasteiger partial charge in [0, 0.05) is 31.7 Å². The van der Waals surface area contributed by atoms with Crippen molar-refractivity contribution in [3.8, 4) is 11.3 Å². The van der Waals surface area contributed by atoms with Crippen LogP contribution in [0, 0.1) is 12.7 Å². The van der Waals surface area contributed by atoms with Crippen molar-refractivity contribution < 1.29 is 9.18 Å². The van der Waals surface area contributed by atoms with E-state index in [2.05, 4.69) is 20.4 Å². The van der Waals surface area contributed by atoms with Gasteiger partial charge in [0.2, 0.25) is 0 Å². The molecule has 1 fully saturated rings. The summed E-state index contributed by atoms with van der Waals surface area (Å²) < 4.78 is 13.9. The van der Waals surface area contributed by atoms with Crippen molar-refractivity contribution in [1.82, 2.24) is 15.1 Å². The van der Waals surface area contributed by atoms with Crippen LogP contribution >= 0.6 is 11.6 Å². The maximum atomic E-state index is 13.9. The average molecular weight is 426 g/mol. The molecule has 3 aromatic rings. The van der Waals surface area contributed by atoms with E-state index in [1.165, 1.54) is 23.8 Å². The van der Waals surface area contributed by atoms with E-state index in [-0.39, 0.29) is 16.7 Å². The number of piperazine rings is 1. The van der Waals surface area contributed by atoms with Crippen LogP contribution in [0.25, 0.3) is 11.3 Å². The molecule has 4 rings (SSSR count). The first-order valence-electron chi connectivity index (χ1n) is 9.67. The molecule has 2 aromatic carbocycles. The van der Waals surface area contributed by atoms with Crippen LogP contribution in [-0.4, -0.2) is 47.3 Å². The van der Waals surface area contributed by atoms with E-state index in [0.29, 0.717) is 26.2 Å². The quantitative estimate of drug-likeness (QED) is 0.666. The van der Waals surface area contributed by atoms with E-state index < -0.39 is 5.82 Å². The van der Waals surface area contributed by atoms with Crippen LogP contribution in [-0.2, 0) is 0 Å². The number of amides is 2. The summed E-state index contributed by atoms with van der Waals surface area (Å²) in [6, 6.07) is 16.0. The summed E-state index contributed by atoms with van der Waals surface area (Å²) in [5.41, 5.74) is 3.04. The monoisotopic (exact) mass is 425 g/mol. The molecule has 30 heavy (non-hydrogen) atoms. The van der Waals surface area contributed by atoms with Crippen molar-refractivity contribution in [1.29, 1.82) is 0 Å². The Labute approximate surface area is 179 Å². The average Bonchev–Trinajstić information content (AvgIpc) is 2.77. The van der Waals surface area contributed by atoms with Crippen LogP contribution in [0.4, 0.5) is 20.7 Å². The van der Waals surface area contributed by atoms with Gasteiger partial charge in [0.1, 0.15) is 5.82 Å². The molecule has 0 bridgehead atoms. The van der Waals surface area contributed by atoms with Crippen molar-refractivity contribution >= 4 is 29.1 Å². The molecule has 154 valence electrons.